The van der Waals surface area contributed by atoms with E-state index in [4.69, 9.17) is 11.0 Å². The molecule has 13 heavy (non-hydrogen) atoms. The van der Waals surface area contributed by atoms with Crippen molar-refractivity contribution in [2.75, 3.05) is 0 Å². The van der Waals surface area contributed by atoms with Crippen LogP contribution >= 0.6 is 11.3 Å². The molecule has 0 fully saturated rings. The Morgan fingerprint density at radius 1 is 1.85 bits per heavy atom. The van der Waals surface area contributed by atoms with Crippen LogP contribution in [0.3, 0.4) is 0 Å². The Morgan fingerprint density at radius 2 is 2.54 bits per heavy atom. The number of nitrogens with zero attached hydrogens (tertiary/aromatic N) is 1. The molecule has 0 bridgehead atoms. The number of hydrogen-bond donors (Lipinski definition) is 1. The van der Waals surface area contributed by atoms with Gasteiger partial charge in [-0.25, -0.2) is 0 Å². The van der Waals surface area contributed by atoms with E-state index >= 15 is 0 Å². The first-order chi connectivity index (χ1) is 6.15. The molecule has 1 rings (SSSR count). The summed E-state index contributed by atoms with van der Waals surface area (Å²) in [6, 6.07) is 3.33. The molecule has 0 radical (unpaired) electrons. The Morgan fingerprint density at radius 3 is 3.08 bits per heavy atom. The normalized spacial score (nSPS) is 12.1. The van der Waals surface area contributed by atoms with E-state index in [1.54, 1.807) is 0 Å². The molecular formula is C9H10N2OS. The molecule has 0 aliphatic heterocycles. The Labute approximate surface area is 80.8 Å². The van der Waals surface area contributed by atoms with E-state index in [0.717, 1.165) is 10.4 Å². The summed E-state index contributed by atoms with van der Waals surface area (Å²) in [5, 5.41) is 10.3. The molecular weight excluding hydrogens is 184 g/mol. The van der Waals surface area contributed by atoms with Crippen molar-refractivity contribution in [2.45, 2.75) is 19.4 Å². The van der Waals surface area contributed by atoms with Crippen molar-refractivity contribution in [3.63, 3.8) is 0 Å². The van der Waals surface area contributed by atoms with Gasteiger partial charge < -0.3 is 5.73 Å². The van der Waals surface area contributed by atoms with Crippen LogP contribution in [-0.4, -0.2) is 5.78 Å². The number of thiophene rings is 1. The fourth-order valence-electron chi connectivity index (χ4n) is 0.966. The fraction of sp³-hybridized carbons (Fsp3) is 0.333. The quantitative estimate of drug-likeness (QED) is 0.790. The maximum Gasteiger partial charge on any atom is 0.151 e. The first kappa shape index (κ1) is 9.90. The summed E-state index contributed by atoms with van der Waals surface area (Å²) < 4.78 is 0. The van der Waals surface area contributed by atoms with Crippen LogP contribution in [0.25, 0.3) is 0 Å². The number of Topliss-reactive ketones (excluding diaryl/α,β-unsaturated/α-hetero) is 1. The van der Waals surface area contributed by atoms with Crippen molar-refractivity contribution in [2.24, 2.45) is 5.73 Å². The summed E-state index contributed by atoms with van der Waals surface area (Å²) in [7, 11) is 0. The van der Waals surface area contributed by atoms with Gasteiger partial charge in [-0.3, -0.25) is 4.79 Å². The van der Waals surface area contributed by atoms with Crippen LogP contribution in [0.4, 0.5) is 0 Å². The van der Waals surface area contributed by atoms with Gasteiger partial charge in [-0.2, -0.15) is 5.26 Å². The Balaban J connectivity index is 2.80. The van der Waals surface area contributed by atoms with Gasteiger partial charge in [-0.15, -0.1) is 11.3 Å². The van der Waals surface area contributed by atoms with Gasteiger partial charge in [0.2, 0.25) is 0 Å². The van der Waals surface area contributed by atoms with Crippen LogP contribution in [0.5, 0.6) is 0 Å². The van der Waals surface area contributed by atoms with Gasteiger partial charge in [-0.05, 0) is 23.9 Å². The molecule has 0 aromatic carbocycles. The highest BCUT2D eigenvalue weighted by molar-refractivity contribution is 7.10. The molecule has 4 heteroatoms. The molecule has 0 saturated carbocycles. The second kappa shape index (κ2) is 4.17. The average Bonchev–Trinajstić information content (AvgIpc) is 2.52. The minimum Gasteiger partial charge on any atom is -0.318 e. The smallest absolute Gasteiger partial charge is 0.151 e. The Hall–Kier alpha value is -1.18. The largest absolute Gasteiger partial charge is 0.318 e. The number of nitrogens with two attached hydrogens (primary N) is 1. The van der Waals surface area contributed by atoms with E-state index in [-0.39, 0.29) is 5.78 Å². The lowest BCUT2D eigenvalue weighted by Crippen LogP contribution is -2.17. The lowest BCUT2D eigenvalue weighted by Gasteiger charge is -2.02. The molecule has 0 spiro atoms. The molecule has 0 aliphatic rings. The Bertz CT molecular complexity index is 351. The SMILES string of the molecule is CC(=O)C(N)c1csc(CC#N)c1. The van der Waals surface area contributed by atoms with Gasteiger partial charge in [0.15, 0.2) is 5.78 Å². The highest BCUT2D eigenvalue weighted by Gasteiger charge is 2.12. The second-order valence-corrected chi connectivity index (χ2v) is 3.77. The van der Waals surface area contributed by atoms with Gasteiger partial charge in [0.05, 0.1) is 18.5 Å². The first-order valence-corrected chi connectivity index (χ1v) is 4.73. The lowest BCUT2D eigenvalue weighted by molar-refractivity contribution is -0.118. The number of carbonyl (C=O) groups excluding carboxylic acids is 1. The van der Waals surface area contributed by atoms with Crippen molar-refractivity contribution in [1.82, 2.24) is 0 Å². The molecule has 1 aromatic heterocycles. The zero-order chi connectivity index (χ0) is 9.84. The lowest BCUT2D eigenvalue weighted by atomic mass is 10.1. The predicted molar refractivity (Wildman–Crippen MR) is 51.2 cm³/mol. The molecule has 0 aliphatic carbocycles. The number of ketones is 1. The number of hydrogen-bond acceptors (Lipinski definition) is 4. The number of rotatable bonds is 3. The van der Waals surface area contributed by atoms with Crippen LogP contribution in [0.1, 0.15) is 23.4 Å². The molecule has 1 atom stereocenters. The van der Waals surface area contributed by atoms with Crippen LogP contribution in [0, 0.1) is 11.3 Å². The summed E-state index contributed by atoms with van der Waals surface area (Å²) in [4.78, 5) is 11.9. The van der Waals surface area contributed by atoms with Gasteiger partial charge >= 0.3 is 0 Å². The third kappa shape index (κ3) is 2.38. The maximum absolute atomic E-state index is 10.9. The molecule has 0 saturated heterocycles. The van der Waals surface area contributed by atoms with Crippen molar-refractivity contribution >= 4 is 17.1 Å². The monoisotopic (exact) mass is 194 g/mol. The van der Waals surface area contributed by atoms with Gasteiger partial charge in [0.1, 0.15) is 0 Å². The Kier molecular flexibility index (Phi) is 3.18. The second-order valence-electron chi connectivity index (χ2n) is 2.77. The summed E-state index contributed by atoms with van der Waals surface area (Å²) >= 11 is 1.47. The zero-order valence-corrected chi connectivity index (χ0v) is 8.10. The summed E-state index contributed by atoms with van der Waals surface area (Å²) in [6.45, 7) is 1.46. The van der Waals surface area contributed by atoms with E-state index in [2.05, 4.69) is 6.07 Å². The van der Waals surface area contributed by atoms with Crippen molar-refractivity contribution in [3.05, 3.63) is 21.9 Å². The molecule has 2 N–H and O–H groups in total. The fourth-order valence-corrected chi connectivity index (χ4v) is 1.82. The third-order valence-corrected chi connectivity index (χ3v) is 2.68. The molecule has 1 unspecified atom stereocenters. The minimum absolute atomic E-state index is 0.0543. The molecule has 0 amide bonds. The van der Waals surface area contributed by atoms with Gasteiger partial charge in [-0.1, -0.05) is 0 Å². The zero-order valence-electron chi connectivity index (χ0n) is 7.28. The average molecular weight is 194 g/mol. The number of nitriles is 1. The minimum atomic E-state index is -0.538. The highest BCUT2D eigenvalue weighted by Crippen LogP contribution is 2.20. The van der Waals surface area contributed by atoms with Crippen LogP contribution in [0.2, 0.25) is 0 Å². The predicted octanol–water partition coefficient (Wildman–Crippen LogP) is 1.40. The van der Waals surface area contributed by atoms with E-state index in [9.17, 15) is 4.79 Å². The standard InChI is InChI=1S/C9H10N2OS/c1-6(12)9(11)7-4-8(2-3-10)13-5-7/h4-5,9H,2,11H2,1H3. The molecule has 1 aromatic rings. The van der Waals surface area contributed by atoms with Gasteiger partial charge in [0, 0.05) is 4.88 Å². The highest BCUT2D eigenvalue weighted by atomic mass is 32.1. The van der Waals surface area contributed by atoms with E-state index in [1.165, 1.54) is 18.3 Å². The van der Waals surface area contributed by atoms with Gasteiger partial charge in [0.25, 0.3) is 0 Å². The summed E-state index contributed by atoms with van der Waals surface area (Å²) in [5.41, 5.74) is 6.43. The number of carbonyl (C=O) groups is 1. The van der Waals surface area contributed by atoms with Crippen molar-refractivity contribution < 1.29 is 4.79 Å². The van der Waals surface area contributed by atoms with Crippen LogP contribution < -0.4 is 5.73 Å². The van der Waals surface area contributed by atoms with Crippen molar-refractivity contribution in [1.29, 1.82) is 5.26 Å². The summed E-state index contributed by atoms with van der Waals surface area (Å²) in [5.74, 6) is -0.0543. The molecule has 3 nitrogen and oxygen atoms in total. The maximum atomic E-state index is 10.9. The molecule has 1 heterocycles. The summed E-state index contributed by atoms with van der Waals surface area (Å²) in [6.07, 6.45) is 0.384. The van der Waals surface area contributed by atoms with Crippen molar-refractivity contribution in [3.8, 4) is 6.07 Å². The van der Waals surface area contributed by atoms with Crippen LogP contribution in [-0.2, 0) is 11.2 Å². The van der Waals surface area contributed by atoms with Crippen LogP contribution in [0.15, 0.2) is 11.4 Å². The molecule has 68 valence electrons. The topological polar surface area (TPSA) is 66.9 Å². The van der Waals surface area contributed by atoms with E-state index in [1.807, 2.05) is 11.4 Å². The third-order valence-electron chi connectivity index (χ3n) is 1.72. The van der Waals surface area contributed by atoms with E-state index < -0.39 is 6.04 Å². The first-order valence-electron chi connectivity index (χ1n) is 3.85. The van der Waals surface area contributed by atoms with E-state index in [0.29, 0.717) is 6.42 Å².